The van der Waals surface area contributed by atoms with Gasteiger partial charge < -0.3 is 42.6 Å². The number of aryl methyl sites for hydroxylation is 3. The fourth-order valence-corrected chi connectivity index (χ4v) is 7.33. The van der Waals surface area contributed by atoms with E-state index >= 15 is 0 Å². The Kier molecular flexibility index (Phi) is 24.2. The number of rotatable bonds is 17. The minimum absolute atomic E-state index is 0.318. The molecule has 0 N–H and O–H groups in total. The van der Waals surface area contributed by atoms with Crippen LogP contribution in [0.4, 0.5) is 0 Å². The average Bonchev–Trinajstić information content (AvgIpc) is 3.31. The number of unbranched alkanes of at least 4 members (excludes halogenated alkanes) is 3. The van der Waals surface area contributed by atoms with E-state index < -0.39 is 0 Å². The third kappa shape index (κ3) is 19.4. The molecule has 1 atom stereocenters. The second kappa shape index (κ2) is 31.0. The van der Waals surface area contributed by atoms with E-state index in [0.717, 1.165) is 123 Å². The van der Waals surface area contributed by atoms with Crippen LogP contribution in [0.25, 0.3) is 21.6 Å². The Bertz CT molecular complexity index is 1960. The second-order valence-electron chi connectivity index (χ2n) is 15.9. The van der Waals surface area contributed by atoms with E-state index in [1.54, 1.807) is 7.11 Å². The van der Waals surface area contributed by atoms with Gasteiger partial charge in [0.05, 0.1) is 60.0 Å². The molecule has 0 aromatic heterocycles. The monoisotopic (exact) mass is 880 g/mol. The summed E-state index contributed by atoms with van der Waals surface area (Å²) in [5.74, 6) is 2.99. The maximum Gasteiger partial charge on any atom is 0.175 e. The summed E-state index contributed by atoms with van der Waals surface area (Å²) in [6.45, 7) is 8.99. The third-order valence-electron chi connectivity index (χ3n) is 10.8. The van der Waals surface area contributed by atoms with E-state index in [1.807, 2.05) is 12.1 Å². The van der Waals surface area contributed by atoms with Crippen molar-refractivity contribution in [2.24, 2.45) is 5.11 Å². The largest absolute Gasteiger partial charge is 0.493 e. The Balaban J connectivity index is 1.05. The number of hydrogen-bond donors (Lipinski definition) is 0. The van der Waals surface area contributed by atoms with Gasteiger partial charge in [-0.25, -0.2) is 0 Å². The first kappa shape index (κ1) is 50.0. The fourth-order valence-electron chi connectivity index (χ4n) is 7.33. The standard InChI is InChI=1S/C52H69N3O9/c1-42-38-44(39-51(56-2)52(42)63-29-12-8-5-9-26-54-55-53)15-13-14-43-16-19-46(20-17-43)47-21-23-48(24-22-47)64-41-45-18-25-49-50(40-45)62-37-35-60-33-31-58-28-11-7-4-3-6-10-27-57-30-32-59-34-36-61-49/h3-4,16-17,19-24,38-39,50H,5-15,26-37,40-41H2,1-2H3/b4-3-. The molecule has 0 spiro atoms. The molecule has 1 aliphatic carbocycles. The molecular weight excluding hydrogens is 811 g/mol. The number of azide groups is 1. The van der Waals surface area contributed by atoms with Gasteiger partial charge in [-0.2, -0.15) is 0 Å². The zero-order chi connectivity index (χ0) is 44.7. The van der Waals surface area contributed by atoms with E-state index in [4.69, 9.17) is 48.2 Å². The molecule has 1 heterocycles. The molecule has 0 radical (unpaired) electrons. The van der Waals surface area contributed by atoms with Crippen LogP contribution in [-0.2, 0) is 41.3 Å². The Morgan fingerprint density at radius 3 is 2.03 bits per heavy atom. The number of hydrogen-bond acceptors (Lipinski definition) is 10. The van der Waals surface area contributed by atoms with Crippen molar-refractivity contribution in [3.63, 3.8) is 0 Å². The van der Waals surface area contributed by atoms with Gasteiger partial charge in [0.2, 0.25) is 0 Å². The average molecular weight is 880 g/mol. The van der Waals surface area contributed by atoms with Gasteiger partial charge in [0.1, 0.15) is 25.1 Å². The molecule has 0 saturated carbocycles. The Morgan fingerprint density at radius 1 is 0.688 bits per heavy atom. The minimum Gasteiger partial charge on any atom is -0.493 e. The maximum atomic E-state index is 8.40. The van der Waals surface area contributed by atoms with Gasteiger partial charge in [-0.3, -0.25) is 0 Å². The predicted octanol–water partition coefficient (Wildman–Crippen LogP) is 11.0. The van der Waals surface area contributed by atoms with Crippen LogP contribution >= 0.6 is 0 Å². The van der Waals surface area contributed by atoms with Crippen LogP contribution < -0.4 is 14.2 Å². The van der Waals surface area contributed by atoms with Gasteiger partial charge in [0.15, 0.2) is 17.3 Å². The summed E-state index contributed by atoms with van der Waals surface area (Å²) in [5.41, 5.74) is 21.7. The van der Waals surface area contributed by atoms with Crippen LogP contribution in [0.15, 0.2) is 101 Å². The number of fused-ring (bicyclic) bond motifs is 1. The van der Waals surface area contributed by atoms with E-state index in [0.29, 0.717) is 84.8 Å². The van der Waals surface area contributed by atoms with Crippen molar-refractivity contribution in [1.82, 2.24) is 0 Å². The molecule has 1 aliphatic heterocycles. The van der Waals surface area contributed by atoms with Crippen molar-refractivity contribution < 1.29 is 42.6 Å². The summed E-state index contributed by atoms with van der Waals surface area (Å²) in [5, 5.41) is 3.59. The van der Waals surface area contributed by atoms with Gasteiger partial charge in [0, 0.05) is 36.7 Å². The van der Waals surface area contributed by atoms with Crippen molar-refractivity contribution in [3.05, 3.63) is 123 Å². The van der Waals surface area contributed by atoms with Crippen LogP contribution in [0.1, 0.15) is 80.9 Å². The molecule has 12 nitrogen and oxygen atoms in total. The van der Waals surface area contributed by atoms with Crippen LogP contribution in [0.3, 0.4) is 0 Å². The van der Waals surface area contributed by atoms with Gasteiger partial charge in [-0.1, -0.05) is 78.3 Å². The zero-order valence-corrected chi connectivity index (χ0v) is 38.2. The lowest BCUT2D eigenvalue weighted by atomic mass is 9.99. The van der Waals surface area contributed by atoms with Crippen LogP contribution in [0.5, 0.6) is 17.2 Å². The second-order valence-corrected chi connectivity index (χ2v) is 15.9. The van der Waals surface area contributed by atoms with Gasteiger partial charge in [0.25, 0.3) is 0 Å². The minimum atomic E-state index is -0.318. The highest BCUT2D eigenvalue weighted by Gasteiger charge is 2.22. The molecule has 0 amide bonds. The summed E-state index contributed by atoms with van der Waals surface area (Å²) in [7, 11) is 1.70. The third-order valence-corrected chi connectivity index (χ3v) is 10.8. The summed E-state index contributed by atoms with van der Waals surface area (Å²) in [6, 6.07) is 21.4. The molecular formula is C52H69N3O9. The molecule has 5 rings (SSSR count). The highest BCUT2D eigenvalue weighted by atomic mass is 16.6. The highest BCUT2D eigenvalue weighted by molar-refractivity contribution is 5.64. The quantitative estimate of drug-likeness (QED) is 0.0325. The molecule has 0 saturated heterocycles. The van der Waals surface area contributed by atoms with Crippen molar-refractivity contribution in [3.8, 4) is 28.4 Å². The van der Waals surface area contributed by atoms with Crippen LogP contribution in [0.2, 0.25) is 0 Å². The van der Waals surface area contributed by atoms with Crippen LogP contribution in [-0.4, -0.2) is 99.0 Å². The molecule has 0 bridgehead atoms. The van der Waals surface area contributed by atoms with E-state index in [9.17, 15) is 0 Å². The highest BCUT2D eigenvalue weighted by Crippen LogP contribution is 2.33. The molecule has 3 aromatic rings. The normalized spacial score (nSPS) is 17.9. The summed E-state index contributed by atoms with van der Waals surface area (Å²) in [4.78, 5) is 2.80. The number of ether oxygens (including phenoxy) is 9. The van der Waals surface area contributed by atoms with Crippen LogP contribution in [0, 0.1) is 6.92 Å². The Hall–Kier alpha value is -4.99. The topological polar surface area (TPSA) is 132 Å². The van der Waals surface area contributed by atoms with E-state index in [-0.39, 0.29) is 6.10 Å². The predicted molar refractivity (Wildman–Crippen MR) is 250 cm³/mol. The van der Waals surface area contributed by atoms with Gasteiger partial charge in [-0.05, 0) is 122 Å². The molecule has 1 unspecified atom stereocenters. The Labute approximate surface area is 380 Å². The van der Waals surface area contributed by atoms with Crippen molar-refractivity contribution in [2.45, 2.75) is 90.1 Å². The van der Waals surface area contributed by atoms with E-state index in [2.05, 4.69) is 89.1 Å². The smallest absolute Gasteiger partial charge is 0.175 e. The molecule has 346 valence electrons. The number of nitrogens with zero attached hydrogens (tertiary/aromatic N) is 3. The fraction of sp³-hybridized carbons (Fsp3) is 0.538. The van der Waals surface area contributed by atoms with Gasteiger partial charge >= 0.3 is 0 Å². The van der Waals surface area contributed by atoms with Crippen molar-refractivity contribution >= 4 is 0 Å². The molecule has 64 heavy (non-hydrogen) atoms. The van der Waals surface area contributed by atoms with E-state index in [1.165, 1.54) is 11.1 Å². The first-order chi connectivity index (χ1) is 31.6. The summed E-state index contributed by atoms with van der Waals surface area (Å²) < 4.78 is 53.2. The first-order valence-corrected chi connectivity index (χ1v) is 23.2. The molecule has 12 heteroatoms. The summed E-state index contributed by atoms with van der Waals surface area (Å²) >= 11 is 0. The lowest BCUT2D eigenvalue weighted by Crippen LogP contribution is -2.24. The van der Waals surface area contributed by atoms with Crippen molar-refractivity contribution in [2.75, 3.05) is 92.9 Å². The van der Waals surface area contributed by atoms with Crippen molar-refractivity contribution in [1.29, 1.82) is 0 Å². The number of benzene rings is 3. The van der Waals surface area contributed by atoms with Gasteiger partial charge in [-0.15, -0.1) is 0 Å². The molecule has 0 fully saturated rings. The number of allylic oxidation sites excluding steroid dienone is 2. The SMILES string of the molecule is COc1cc(CCCc2ccc(-c3ccc(OCC4=C=C=C5OCCOCCOCCC/C=C\CCCOCCOCCOC5C4)cc3)cc2)cc(C)c1OCCCCCCN=[N+]=[N-]. The lowest BCUT2D eigenvalue weighted by Gasteiger charge is -2.22. The number of methoxy groups -OCH3 is 1. The Morgan fingerprint density at radius 2 is 1.33 bits per heavy atom. The zero-order valence-electron chi connectivity index (χ0n) is 38.2. The summed E-state index contributed by atoms with van der Waals surface area (Å²) in [6.07, 6.45) is 15.6. The molecule has 3 aromatic carbocycles. The molecule has 2 aliphatic rings. The lowest BCUT2D eigenvalue weighted by molar-refractivity contribution is -0.0257. The maximum absolute atomic E-state index is 8.40. The first-order valence-electron chi connectivity index (χ1n) is 23.2.